The third-order valence-corrected chi connectivity index (χ3v) is 5.87. The SMILES string of the molecule is COc1cc(NC(=O)c2sc(Br)cc2N)ccc1OCCN1CCCC1. The summed E-state index contributed by atoms with van der Waals surface area (Å²) in [5.41, 5.74) is 6.93. The van der Waals surface area contributed by atoms with Crippen LogP contribution in [0.1, 0.15) is 22.5 Å². The van der Waals surface area contributed by atoms with Crippen LogP contribution in [0.5, 0.6) is 11.5 Å². The van der Waals surface area contributed by atoms with Gasteiger partial charge in [-0.2, -0.15) is 0 Å². The fraction of sp³-hybridized carbons (Fsp3) is 0.389. The molecule has 1 fully saturated rings. The number of methoxy groups -OCH3 is 1. The molecule has 1 aromatic carbocycles. The quantitative estimate of drug-likeness (QED) is 0.685. The predicted molar refractivity (Wildman–Crippen MR) is 109 cm³/mol. The van der Waals surface area contributed by atoms with E-state index in [9.17, 15) is 4.79 Å². The summed E-state index contributed by atoms with van der Waals surface area (Å²) in [5.74, 6) is 1.01. The van der Waals surface area contributed by atoms with E-state index in [1.807, 2.05) is 6.07 Å². The Balaban J connectivity index is 1.62. The minimum Gasteiger partial charge on any atom is -0.493 e. The lowest BCUT2D eigenvalue weighted by Gasteiger charge is -2.16. The molecule has 0 bridgehead atoms. The van der Waals surface area contributed by atoms with Gasteiger partial charge in [0.05, 0.1) is 16.6 Å². The average molecular weight is 440 g/mol. The molecule has 3 N–H and O–H groups in total. The summed E-state index contributed by atoms with van der Waals surface area (Å²) in [6.07, 6.45) is 2.53. The van der Waals surface area contributed by atoms with Crippen LogP contribution in [0.25, 0.3) is 0 Å². The van der Waals surface area contributed by atoms with Gasteiger partial charge in [-0.15, -0.1) is 11.3 Å². The minimum absolute atomic E-state index is 0.247. The summed E-state index contributed by atoms with van der Waals surface area (Å²) in [6.45, 7) is 3.82. The van der Waals surface area contributed by atoms with Crippen molar-refractivity contribution in [2.24, 2.45) is 0 Å². The first-order valence-corrected chi connectivity index (χ1v) is 10.1. The second-order valence-electron chi connectivity index (χ2n) is 6.05. The number of carbonyl (C=O) groups is 1. The minimum atomic E-state index is -0.247. The highest BCUT2D eigenvalue weighted by Gasteiger charge is 2.16. The number of nitrogens with two attached hydrogens (primary N) is 1. The van der Waals surface area contributed by atoms with Crippen molar-refractivity contribution in [1.82, 2.24) is 4.90 Å². The average Bonchev–Trinajstić information content (AvgIpc) is 3.25. The molecule has 2 heterocycles. The molecular formula is C18H22BrN3O3S. The number of nitrogen functional groups attached to an aromatic ring is 1. The molecule has 1 aromatic heterocycles. The first-order valence-electron chi connectivity index (χ1n) is 8.46. The molecule has 26 heavy (non-hydrogen) atoms. The van der Waals surface area contributed by atoms with Crippen LogP contribution in [0.3, 0.4) is 0 Å². The Morgan fingerprint density at radius 3 is 2.73 bits per heavy atom. The van der Waals surface area contributed by atoms with Crippen LogP contribution in [0.15, 0.2) is 28.1 Å². The number of benzene rings is 1. The van der Waals surface area contributed by atoms with E-state index in [0.29, 0.717) is 34.4 Å². The lowest BCUT2D eigenvalue weighted by atomic mass is 10.2. The maximum absolute atomic E-state index is 12.4. The van der Waals surface area contributed by atoms with Crippen LogP contribution in [0.4, 0.5) is 11.4 Å². The second-order valence-corrected chi connectivity index (χ2v) is 8.48. The van der Waals surface area contributed by atoms with Crippen molar-refractivity contribution in [1.29, 1.82) is 0 Å². The van der Waals surface area contributed by atoms with Crippen molar-refractivity contribution in [3.63, 3.8) is 0 Å². The van der Waals surface area contributed by atoms with E-state index in [2.05, 4.69) is 26.1 Å². The van der Waals surface area contributed by atoms with Gasteiger partial charge in [-0.25, -0.2) is 0 Å². The number of halogens is 1. The van der Waals surface area contributed by atoms with E-state index in [4.69, 9.17) is 15.2 Å². The summed E-state index contributed by atoms with van der Waals surface area (Å²) in [7, 11) is 1.59. The van der Waals surface area contributed by atoms with Gasteiger partial charge in [0.25, 0.3) is 5.91 Å². The van der Waals surface area contributed by atoms with Gasteiger partial charge in [0.2, 0.25) is 0 Å². The van der Waals surface area contributed by atoms with Crippen molar-refractivity contribution in [3.05, 3.63) is 32.9 Å². The van der Waals surface area contributed by atoms with Crippen LogP contribution in [0.2, 0.25) is 0 Å². The third-order valence-electron chi connectivity index (χ3n) is 4.22. The molecule has 1 aliphatic heterocycles. The number of amides is 1. The number of carbonyl (C=O) groups excluding carboxylic acids is 1. The highest BCUT2D eigenvalue weighted by atomic mass is 79.9. The van der Waals surface area contributed by atoms with E-state index in [1.165, 1.54) is 24.2 Å². The highest BCUT2D eigenvalue weighted by Crippen LogP contribution is 2.32. The Morgan fingerprint density at radius 2 is 2.08 bits per heavy atom. The van der Waals surface area contributed by atoms with Crippen molar-refractivity contribution in [2.75, 3.05) is 44.4 Å². The van der Waals surface area contributed by atoms with Crippen LogP contribution >= 0.6 is 27.3 Å². The lowest BCUT2D eigenvalue weighted by Crippen LogP contribution is -2.25. The highest BCUT2D eigenvalue weighted by molar-refractivity contribution is 9.11. The first kappa shape index (κ1) is 19.0. The van der Waals surface area contributed by atoms with E-state index >= 15 is 0 Å². The van der Waals surface area contributed by atoms with Crippen molar-refractivity contribution < 1.29 is 14.3 Å². The van der Waals surface area contributed by atoms with Crippen LogP contribution in [0, 0.1) is 0 Å². The van der Waals surface area contributed by atoms with Gasteiger partial charge in [-0.3, -0.25) is 9.69 Å². The molecule has 1 amide bonds. The monoisotopic (exact) mass is 439 g/mol. The van der Waals surface area contributed by atoms with Crippen LogP contribution in [-0.2, 0) is 0 Å². The van der Waals surface area contributed by atoms with Gasteiger partial charge in [0, 0.05) is 18.3 Å². The molecule has 8 heteroatoms. The van der Waals surface area contributed by atoms with Gasteiger partial charge in [-0.1, -0.05) is 0 Å². The molecule has 2 aromatic rings. The molecule has 0 atom stereocenters. The molecule has 3 rings (SSSR count). The number of nitrogens with one attached hydrogen (secondary N) is 1. The number of hydrogen-bond donors (Lipinski definition) is 2. The first-order chi connectivity index (χ1) is 12.6. The zero-order valence-corrected chi connectivity index (χ0v) is 17.0. The van der Waals surface area contributed by atoms with E-state index in [0.717, 1.165) is 23.4 Å². The van der Waals surface area contributed by atoms with Crippen molar-refractivity contribution in [2.45, 2.75) is 12.8 Å². The number of likely N-dealkylation sites (tertiary alicyclic amines) is 1. The Bertz CT molecular complexity index is 775. The molecule has 140 valence electrons. The topological polar surface area (TPSA) is 76.8 Å². The number of ether oxygens (including phenoxy) is 2. The molecule has 0 unspecified atom stereocenters. The molecule has 0 spiro atoms. The third kappa shape index (κ3) is 4.69. The number of hydrogen-bond acceptors (Lipinski definition) is 6. The van der Waals surface area contributed by atoms with Gasteiger partial charge in [0.1, 0.15) is 11.5 Å². The van der Waals surface area contributed by atoms with Gasteiger partial charge in [0.15, 0.2) is 11.5 Å². The summed E-state index contributed by atoms with van der Waals surface area (Å²) >= 11 is 4.63. The summed E-state index contributed by atoms with van der Waals surface area (Å²) in [5, 5.41) is 2.84. The number of rotatable bonds is 7. The van der Waals surface area contributed by atoms with Crippen molar-refractivity contribution in [3.8, 4) is 11.5 Å². The second kappa shape index (κ2) is 8.75. The Morgan fingerprint density at radius 1 is 1.31 bits per heavy atom. The zero-order chi connectivity index (χ0) is 18.5. The standard InChI is InChI=1S/C18H22BrN3O3S/c1-24-15-10-12(21-18(23)17-13(20)11-16(19)26-17)4-5-14(15)25-9-8-22-6-2-3-7-22/h4-5,10-11H,2-3,6-9,20H2,1H3,(H,21,23). The molecule has 0 saturated carbocycles. The normalized spacial score (nSPS) is 14.4. The zero-order valence-electron chi connectivity index (χ0n) is 14.6. The summed E-state index contributed by atoms with van der Waals surface area (Å²) < 4.78 is 12.1. The van der Waals surface area contributed by atoms with Gasteiger partial charge < -0.3 is 20.5 Å². The molecule has 0 aliphatic carbocycles. The Labute approximate surface area is 165 Å². The smallest absolute Gasteiger partial charge is 0.267 e. The van der Waals surface area contributed by atoms with E-state index in [-0.39, 0.29) is 5.91 Å². The molecular weight excluding hydrogens is 418 g/mol. The predicted octanol–water partition coefficient (Wildman–Crippen LogP) is 3.83. The molecule has 6 nitrogen and oxygen atoms in total. The maximum Gasteiger partial charge on any atom is 0.267 e. The van der Waals surface area contributed by atoms with E-state index < -0.39 is 0 Å². The number of anilines is 2. The molecule has 1 saturated heterocycles. The van der Waals surface area contributed by atoms with E-state index in [1.54, 1.807) is 25.3 Å². The fourth-order valence-electron chi connectivity index (χ4n) is 2.89. The van der Waals surface area contributed by atoms with Gasteiger partial charge >= 0.3 is 0 Å². The summed E-state index contributed by atoms with van der Waals surface area (Å²) in [6, 6.07) is 7.08. The molecule has 1 aliphatic rings. The van der Waals surface area contributed by atoms with Gasteiger partial charge in [-0.05, 0) is 60.1 Å². The molecule has 0 radical (unpaired) electrons. The largest absolute Gasteiger partial charge is 0.493 e. The van der Waals surface area contributed by atoms with Crippen LogP contribution < -0.4 is 20.5 Å². The fourth-order valence-corrected chi connectivity index (χ4v) is 4.33. The number of thiophene rings is 1. The lowest BCUT2D eigenvalue weighted by molar-refractivity contribution is 0.103. The Kier molecular flexibility index (Phi) is 6.39. The van der Waals surface area contributed by atoms with Crippen molar-refractivity contribution >= 4 is 44.5 Å². The Hall–Kier alpha value is -1.77. The summed E-state index contributed by atoms with van der Waals surface area (Å²) in [4.78, 5) is 15.2. The maximum atomic E-state index is 12.4. The van der Waals surface area contributed by atoms with Crippen LogP contribution in [-0.4, -0.2) is 44.2 Å². The number of nitrogens with zero attached hydrogens (tertiary/aromatic N) is 1.